The highest BCUT2D eigenvalue weighted by atomic mass is 35.5. The molecule has 1 atom stereocenters. The van der Waals surface area contributed by atoms with Crippen LogP contribution in [0.15, 0.2) is 16.8 Å². The van der Waals surface area contributed by atoms with Crippen molar-refractivity contribution in [3.05, 3.63) is 34.7 Å². The molecule has 0 aliphatic heterocycles. The molecule has 29 heavy (non-hydrogen) atoms. The monoisotopic (exact) mass is 434 g/mol. The van der Waals surface area contributed by atoms with Crippen LogP contribution >= 0.6 is 11.6 Å². The quantitative estimate of drug-likeness (QED) is 0.722. The van der Waals surface area contributed by atoms with Crippen LogP contribution in [0, 0.1) is 12.3 Å². The van der Waals surface area contributed by atoms with E-state index >= 15 is 0 Å². The van der Waals surface area contributed by atoms with Gasteiger partial charge in [0.1, 0.15) is 22.0 Å². The number of ether oxygens (including phenoxy) is 1. The van der Waals surface area contributed by atoms with Crippen molar-refractivity contribution in [2.75, 3.05) is 6.61 Å². The molecule has 1 N–H and O–H groups in total. The zero-order valence-electron chi connectivity index (χ0n) is 16.6. The van der Waals surface area contributed by atoms with Crippen molar-refractivity contribution in [1.82, 2.24) is 20.4 Å². The molecule has 0 radical (unpaired) electrons. The Bertz CT molecular complexity index is 880. The number of aryl methyl sites for hydroxylation is 1. The third kappa shape index (κ3) is 6.59. The maximum atomic E-state index is 12.8. The van der Waals surface area contributed by atoms with Crippen LogP contribution in [0.5, 0.6) is 5.75 Å². The van der Waals surface area contributed by atoms with Crippen LogP contribution < -0.4 is 10.1 Å². The van der Waals surface area contributed by atoms with E-state index in [9.17, 15) is 18.0 Å². The summed E-state index contributed by atoms with van der Waals surface area (Å²) in [6, 6.07) is 1.06. The SMILES string of the molecule is Cc1nc(C(C)(CC(C)(C)C)NC(=O)c2cc(OCC(F)(F)F)c(Cl)cn2)no1. The number of amides is 1. The van der Waals surface area contributed by atoms with E-state index in [1.807, 2.05) is 20.8 Å². The number of hydrogen-bond donors (Lipinski definition) is 1. The van der Waals surface area contributed by atoms with Crippen molar-refractivity contribution in [2.45, 2.75) is 52.8 Å². The summed E-state index contributed by atoms with van der Waals surface area (Å²) >= 11 is 5.83. The number of carbonyl (C=O) groups is 1. The highest BCUT2D eigenvalue weighted by Crippen LogP contribution is 2.34. The third-order valence-electron chi connectivity index (χ3n) is 3.74. The summed E-state index contributed by atoms with van der Waals surface area (Å²) < 4.78 is 47.0. The summed E-state index contributed by atoms with van der Waals surface area (Å²) in [4.78, 5) is 20.9. The minimum atomic E-state index is -4.54. The Balaban J connectivity index is 2.29. The molecule has 11 heteroatoms. The molecule has 2 rings (SSSR count). The first-order chi connectivity index (χ1) is 13.2. The third-order valence-corrected chi connectivity index (χ3v) is 4.02. The molecule has 2 aromatic rings. The first kappa shape index (κ1) is 22.9. The number of nitrogens with zero attached hydrogens (tertiary/aromatic N) is 3. The average molecular weight is 435 g/mol. The van der Waals surface area contributed by atoms with Crippen molar-refractivity contribution in [3.8, 4) is 5.75 Å². The summed E-state index contributed by atoms with van der Waals surface area (Å²) in [6.45, 7) is 7.76. The Morgan fingerprint density at radius 3 is 2.45 bits per heavy atom. The lowest BCUT2D eigenvalue weighted by Crippen LogP contribution is -2.47. The van der Waals surface area contributed by atoms with Crippen LogP contribution in [0.2, 0.25) is 5.02 Å². The van der Waals surface area contributed by atoms with Gasteiger partial charge in [-0.25, -0.2) is 4.98 Å². The van der Waals surface area contributed by atoms with Gasteiger partial charge in [-0.15, -0.1) is 0 Å². The molecule has 2 aromatic heterocycles. The number of aromatic nitrogens is 3. The van der Waals surface area contributed by atoms with Gasteiger partial charge in [0.25, 0.3) is 5.91 Å². The molecule has 0 aromatic carbocycles. The maximum Gasteiger partial charge on any atom is 0.422 e. The van der Waals surface area contributed by atoms with E-state index in [1.54, 1.807) is 13.8 Å². The van der Waals surface area contributed by atoms with E-state index in [4.69, 9.17) is 16.1 Å². The van der Waals surface area contributed by atoms with Gasteiger partial charge in [0.2, 0.25) is 5.89 Å². The second-order valence-electron chi connectivity index (χ2n) is 8.06. The van der Waals surface area contributed by atoms with Gasteiger partial charge in [0.15, 0.2) is 12.4 Å². The summed E-state index contributed by atoms with van der Waals surface area (Å²) in [5, 5.41) is 6.58. The second kappa shape index (κ2) is 8.17. The van der Waals surface area contributed by atoms with Gasteiger partial charge < -0.3 is 14.6 Å². The number of nitrogens with one attached hydrogen (secondary N) is 1. The molecule has 0 spiro atoms. The summed E-state index contributed by atoms with van der Waals surface area (Å²) in [6.07, 6.45) is -3.03. The number of hydrogen-bond acceptors (Lipinski definition) is 6. The van der Waals surface area contributed by atoms with E-state index in [0.29, 0.717) is 12.3 Å². The summed E-state index contributed by atoms with van der Waals surface area (Å²) in [5.41, 5.74) is -1.39. The Kier molecular flexibility index (Phi) is 6.46. The topological polar surface area (TPSA) is 90.1 Å². The fraction of sp³-hybridized carbons (Fsp3) is 0.556. The number of rotatable bonds is 6. The fourth-order valence-corrected chi connectivity index (χ4v) is 3.05. The molecule has 0 bridgehead atoms. The highest BCUT2D eigenvalue weighted by molar-refractivity contribution is 6.32. The Hall–Kier alpha value is -2.36. The lowest BCUT2D eigenvalue weighted by molar-refractivity contribution is -0.153. The van der Waals surface area contributed by atoms with Gasteiger partial charge in [-0.1, -0.05) is 37.5 Å². The standard InChI is InChI=1S/C18H22ClF3N4O3/c1-10-24-15(26-29-10)17(5,8-16(2,3)4)25-14(27)12-6-13(11(19)7-23-12)28-9-18(20,21)22/h6-7H,8-9H2,1-5H3,(H,25,27). The van der Waals surface area contributed by atoms with Gasteiger partial charge in [0, 0.05) is 13.0 Å². The highest BCUT2D eigenvalue weighted by Gasteiger charge is 2.38. The Labute approximate surface area is 171 Å². The van der Waals surface area contributed by atoms with Gasteiger partial charge in [-0.3, -0.25) is 4.79 Å². The smallest absolute Gasteiger partial charge is 0.422 e. The summed E-state index contributed by atoms with van der Waals surface area (Å²) in [5.74, 6) is -0.326. The van der Waals surface area contributed by atoms with Crippen LogP contribution in [0.25, 0.3) is 0 Å². The van der Waals surface area contributed by atoms with Gasteiger partial charge in [-0.2, -0.15) is 18.2 Å². The van der Waals surface area contributed by atoms with E-state index in [1.165, 1.54) is 0 Å². The van der Waals surface area contributed by atoms with Crippen molar-refractivity contribution in [1.29, 1.82) is 0 Å². The van der Waals surface area contributed by atoms with Crippen molar-refractivity contribution >= 4 is 17.5 Å². The lowest BCUT2D eigenvalue weighted by atomic mass is 9.80. The lowest BCUT2D eigenvalue weighted by Gasteiger charge is -2.33. The van der Waals surface area contributed by atoms with E-state index in [2.05, 4.69) is 25.2 Å². The molecule has 1 amide bonds. The molecule has 0 aliphatic rings. The first-order valence-electron chi connectivity index (χ1n) is 8.67. The number of pyridine rings is 1. The second-order valence-corrected chi connectivity index (χ2v) is 8.47. The molecule has 7 nitrogen and oxygen atoms in total. The molecule has 1 unspecified atom stereocenters. The minimum Gasteiger partial charge on any atom is -0.482 e. The predicted octanol–water partition coefficient (Wildman–Crippen LogP) is 4.45. The number of alkyl halides is 3. The summed E-state index contributed by atoms with van der Waals surface area (Å²) in [7, 11) is 0. The molecule has 0 fully saturated rings. The van der Waals surface area contributed by atoms with Crippen molar-refractivity contribution in [2.24, 2.45) is 5.41 Å². The van der Waals surface area contributed by atoms with Crippen molar-refractivity contribution < 1.29 is 27.2 Å². The molecule has 160 valence electrons. The van der Waals surface area contributed by atoms with Crippen LogP contribution in [0.4, 0.5) is 13.2 Å². The predicted molar refractivity (Wildman–Crippen MR) is 98.7 cm³/mol. The molecule has 0 saturated carbocycles. The van der Waals surface area contributed by atoms with Gasteiger partial charge in [0.05, 0.1) is 6.20 Å². The number of carbonyl (C=O) groups excluding carboxylic acids is 1. The van der Waals surface area contributed by atoms with Crippen molar-refractivity contribution in [3.63, 3.8) is 0 Å². The zero-order chi connectivity index (χ0) is 22.0. The van der Waals surface area contributed by atoms with Crippen LogP contribution in [0.3, 0.4) is 0 Å². The van der Waals surface area contributed by atoms with E-state index in [-0.39, 0.29) is 27.7 Å². The molecule has 2 heterocycles. The minimum absolute atomic E-state index is 0.142. The average Bonchev–Trinajstić information content (AvgIpc) is 2.98. The van der Waals surface area contributed by atoms with Crippen LogP contribution in [-0.2, 0) is 5.54 Å². The van der Waals surface area contributed by atoms with Crippen LogP contribution in [0.1, 0.15) is 56.3 Å². The van der Waals surface area contributed by atoms with E-state index < -0.39 is 24.2 Å². The molecule has 0 saturated heterocycles. The van der Waals surface area contributed by atoms with E-state index in [0.717, 1.165) is 12.3 Å². The number of halogens is 4. The molecular formula is C18H22ClF3N4O3. The largest absolute Gasteiger partial charge is 0.482 e. The van der Waals surface area contributed by atoms with Gasteiger partial charge in [-0.05, 0) is 18.8 Å². The first-order valence-corrected chi connectivity index (χ1v) is 9.05. The zero-order valence-corrected chi connectivity index (χ0v) is 17.4. The fourth-order valence-electron chi connectivity index (χ4n) is 2.89. The van der Waals surface area contributed by atoms with Gasteiger partial charge >= 0.3 is 6.18 Å². The Morgan fingerprint density at radius 2 is 1.93 bits per heavy atom. The normalized spacial score (nSPS) is 14.4. The molecular weight excluding hydrogens is 413 g/mol. The molecule has 0 aliphatic carbocycles. The Morgan fingerprint density at radius 1 is 1.28 bits per heavy atom. The van der Waals surface area contributed by atoms with Crippen LogP contribution in [-0.4, -0.2) is 33.8 Å². The maximum absolute atomic E-state index is 12.8.